The first-order chi connectivity index (χ1) is 20.5. The Morgan fingerprint density at radius 2 is 1.05 bits per heavy atom. The fraction of sp³-hybridized carbons (Fsp3) is 0.469. The Labute approximate surface area is 249 Å². The van der Waals surface area contributed by atoms with Gasteiger partial charge in [-0.1, -0.05) is 36.4 Å². The van der Waals surface area contributed by atoms with Gasteiger partial charge in [0.1, 0.15) is 61.0 Å². The van der Waals surface area contributed by atoms with E-state index in [9.17, 15) is 40.9 Å². The molecule has 0 amide bonds. The number of hydrogen-bond acceptors (Lipinski definition) is 11. The maximum atomic E-state index is 10.6. The maximum Gasteiger partial charge on any atom is 0.113 e. The summed E-state index contributed by atoms with van der Waals surface area (Å²) in [4.78, 5) is 4.82. The zero-order valence-corrected chi connectivity index (χ0v) is 24.1. The van der Waals surface area contributed by atoms with Gasteiger partial charge in [0.05, 0.1) is 18.9 Å². The number of ether oxygens (including phenoxy) is 2. The van der Waals surface area contributed by atoms with Crippen LogP contribution in [-0.2, 0) is 9.47 Å². The molecule has 0 radical (unpaired) electrons. The molecule has 0 bridgehead atoms. The first-order valence-corrected chi connectivity index (χ1v) is 14.3. The van der Waals surface area contributed by atoms with E-state index in [4.69, 9.17) is 14.5 Å². The highest BCUT2D eigenvalue weighted by Crippen LogP contribution is 2.38. The maximum absolute atomic E-state index is 10.6. The number of benzene rings is 2. The van der Waals surface area contributed by atoms with E-state index in [0.717, 1.165) is 39.2 Å². The van der Waals surface area contributed by atoms with Crippen LogP contribution in [0.15, 0.2) is 48.5 Å². The summed E-state index contributed by atoms with van der Waals surface area (Å²) in [6.45, 7) is 4.61. The monoisotopic (exact) mass is 597 g/mol. The van der Waals surface area contributed by atoms with E-state index in [1.165, 1.54) is 0 Å². The number of hydrogen-bond donors (Lipinski definition) is 8. The second kappa shape index (κ2) is 12.7. The van der Waals surface area contributed by atoms with Crippen LogP contribution in [0.1, 0.15) is 40.2 Å². The summed E-state index contributed by atoms with van der Waals surface area (Å²) in [5.41, 5.74) is 6.94. The van der Waals surface area contributed by atoms with E-state index < -0.39 is 74.3 Å². The molecule has 11 heteroatoms. The minimum Gasteiger partial charge on any atom is -0.394 e. The van der Waals surface area contributed by atoms with Crippen LogP contribution in [-0.4, -0.2) is 108 Å². The molecular weight excluding hydrogens is 558 g/mol. The Morgan fingerprint density at radius 3 is 1.49 bits per heavy atom. The fourth-order valence-electron chi connectivity index (χ4n) is 6.06. The van der Waals surface area contributed by atoms with Crippen LogP contribution < -0.4 is 0 Å². The molecule has 5 rings (SSSR count). The van der Waals surface area contributed by atoms with Crippen molar-refractivity contribution in [3.05, 3.63) is 76.5 Å². The Kier molecular flexibility index (Phi) is 9.31. The van der Waals surface area contributed by atoms with Gasteiger partial charge in [0, 0.05) is 16.8 Å². The highest BCUT2D eigenvalue weighted by molar-refractivity contribution is 5.71. The molecule has 10 atom stereocenters. The van der Waals surface area contributed by atoms with Gasteiger partial charge in [0.15, 0.2) is 0 Å². The van der Waals surface area contributed by atoms with E-state index in [2.05, 4.69) is 0 Å². The summed E-state index contributed by atoms with van der Waals surface area (Å²) < 4.78 is 11.5. The van der Waals surface area contributed by atoms with Gasteiger partial charge in [0.25, 0.3) is 0 Å². The predicted molar refractivity (Wildman–Crippen MR) is 155 cm³/mol. The summed E-state index contributed by atoms with van der Waals surface area (Å²) in [6.07, 6.45) is -12.3. The smallest absolute Gasteiger partial charge is 0.113 e. The van der Waals surface area contributed by atoms with Gasteiger partial charge in [-0.25, -0.2) is 0 Å². The highest BCUT2D eigenvalue weighted by Gasteiger charge is 2.45. The van der Waals surface area contributed by atoms with Crippen molar-refractivity contribution in [1.29, 1.82) is 0 Å². The topological polar surface area (TPSA) is 193 Å². The summed E-state index contributed by atoms with van der Waals surface area (Å²) in [5.74, 6) is 0. The lowest BCUT2D eigenvalue weighted by Gasteiger charge is -2.40. The molecular formula is C32H39NO10. The summed E-state index contributed by atoms with van der Waals surface area (Å²) in [5, 5.41) is 80.8. The van der Waals surface area contributed by atoms with Crippen molar-refractivity contribution in [3.63, 3.8) is 0 Å². The Morgan fingerprint density at radius 1 is 0.581 bits per heavy atom. The third kappa shape index (κ3) is 5.86. The predicted octanol–water partition coefficient (Wildman–Crippen LogP) is 0.371. The zero-order valence-electron chi connectivity index (χ0n) is 24.1. The van der Waals surface area contributed by atoms with Crippen LogP contribution in [0.3, 0.4) is 0 Å². The molecule has 2 fully saturated rings. The zero-order chi connectivity index (χ0) is 31.2. The third-order valence-corrected chi connectivity index (χ3v) is 8.63. The van der Waals surface area contributed by atoms with Gasteiger partial charge in [-0.3, -0.25) is 4.98 Å². The van der Waals surface area contributed by atoms with Crippen LogP contribution in [0.25, 0.3) is 22.4 Å². The van der Waals surface area contributed by atoms with Crippen LogP contribution in [0.4, 0.5) is 0 Å². The van der Waals surface area contributed by atoms with Crippen molar-refractivity contribution in [1.82, 2.24) is 4.98 Å². The minimum atomic E-state index is -1.46. The molecule has 1 aromatic heterocycles. The standard InChI is InChI=1S/C32H39NO10/c1-14-10-17(4-6-19(14)31-29(40)27(38)25(36)23(12-34)42-31)21-8-9-22(33-16(21)3)18-5-7-20(15(2)11-18)32-30(41)28(39)26(37)24(13-35)43-32/h4-11,23-32,34-41H,12-13H2,1-3H3/t23?,24?,25-,26-,27?,28?,29?,30?,31-,32-/m1/s1. The van der Waals surface area contributed by atoms with E-state index >= 15 is 0 Å². The van der Waals surface area contributed by atoms with Crippen molar-refractivity contribution in [3.8, 4) is 22.4 Å². The second-order valence-electron chi connectivity index (χ2n) is 11.5. The minimum absolute atomic E-state index is 0.494. The number of aliphatic hydroxyl groups is 8. The number of aromatic nitrogens is 1. The molecule has 3 heterocycles. The van der Waals surface area contributed by atoms with Crippen LogP contribution in [0.5, 0.6) is 0 Å². The number of nitrogens with zero attached hydrogens (tertiary/aromatic N) is 1. The van der Waals surface area contributed by atoms with Gasteiger partial charge < -0.3 is 50.3 Å². The largest absolute Gasteiger partial charge is 0.394 e. The van der Waals surface area contributed by atoms with Gasteiger partial charge in [0.2, 0.25) is 0 Å². The van der Waals surface area contributed by atoms with Crippen molar-refractivity contribution < 1.29 is 50.3 Å². The lowest BCUT2D eigenvalue weighted by molar-refractivity contribution is -0.231. The average Bonchev–Trinajstić information content (AvgIpc) is 2.99. The van der Waals surface area contributed by atoms with Gasteiger partial charge in [-0.2, -0.15) is 0 Å². The molecule has 0 spiro atoms. The molecule has 2 aromatic carbocycles. The average molecular weight is 598 g/mol. The SMILES string of the molecule is Cc1cc(-c2ccc(-c3ccc([C@H]4OC(CO)[C@@H](O)C(O)C4O)c(C)c3)c(C)n2)ccc1[C@H]1OC(CO)[C@@H](O)C(O)C1O. The lowest BCUT2D eigenvalue weighted by atomic mass is 9.88. The van der Waals surface area contributed by atoms with E-state index in [0.29, 0.717) is 11.1 Å². The van der Waals surface area contributed by atoms with Crippen molar-refractivity contribution in [2.45, 2.75) is 81.8 Å². The summed E-state index contributed by atoms with van der Waals surface area (Å²) in [7, 11) is 0. The van der Waals surface area contributed by atoms with E-state index in [-0.39, 0.29) is 0 Å². The molecule has 2 saturated heterocycles. The van der Waals surface area contributed by atoms with Crippen molar-refractivity contribution >= 4 is 0 Å². The van der Waals surface area contributed by atoms with E-state index in [1.54, 1.807) is 12.1 Å². The van der Waals surface area contributed by atoms with Crippen molar-refractivity contribution in [2.75, 3.05) is 13.2 Å². The van der Waals surface area contributed by atoms with E-state index in [1.807, 2.05) is 57.2 Å². The molecule has 232 valence electrons. The highest BCUT2D eigenvalue weighted by atomic mass is 16.6. The molecule has 2 aliphatic heterocycles. The molecule has 11 nitrogen and oxygen atoms in total. The molecule has 43 heavy (non-hydrogen) atoms. The molecule has 0 aliphatic carbocycles. The normalized spacial score (nSPS) is 33.0. The van der Waals surface area contributed by atoms with Gasteiger partial charge >= 0.3 is 0 Å². The van der Waals surface area contributed by atoms with Crippen LogP contribution in [0.2, 0.25) is 0 Å². The number of pyridine rings is 1. The quantitative estimate of drug-likeness (QED) is 0.196. The van der Waals surface area contributed by atoms with Crippen LogP contribution >= 0.6 is 0 Å². The first-order valence-electron chi connectivity index (χ1n) is 14.3. The molecule has 3 aromatic rings. The molecule has 2 aliphatic rings. The van der Waals surface area contributed by atoms with Gasteiger partial charge in [-0.15, -0.1) is 0 Å². The number of aryl methyl sites for hydroxylation is 3. The molecule has 8 N–H and O–H groups in total. The Bertz CT molecular complexity index is 1450. The van der Waals surface area contributed by atoms with Crippen LogP contribution in [0, 0.1) is 20.8 Å². The number of aliphatic hydroxyl groups excluding tert-OH is 8. The second-order valence-corrected chi connectivity index (χ2v) is 11.5. The van der Waals surface area contributed by atoms with Crippen molar-refractivity contribution in [2.24, 2.45) is 0 Å². The molecule has 6 unspecified atom stereocenters. The third-order valence-electron chi connectivity index (χ3n) is 8.63. The summed E-state index contributed by atoms with van der Waals surface area (Å²) in [6, 6.07) is 15.0. The Balaban J connectivity index is 1.38. The van der Waals surface area contributed by atoms with Gasteiger partial charge in [-0.05, 0) is 60.7 Å². The lowest BCUT2D eigenvalue weighted by Crippen LogP contribution is -2.55. The first kappa shape index (κ1) is 31.6. The summed E-state index contributed by atoms with van der Waals surface area (Å²) >= 11 is 0. The Hall–Kier alpha value is -2.81. The molecule has 0 saturated carbocycles. The fourth-order valence-corrected chi connectivity index (χ4v) is 6.06. The number of rotatable bonds is 6.